The van der Waals surface area contributed by atoms with Crippen molar-refractivity contribution in [1.82, 2.24) is 4.98 Å². The van der Waals surface area contributed by atoms with E-state index in [-0.39, 0.29) is 5.69 Å². The van der Waals surface area contributed by atoms with Gasteiger partial charge >= 0.3 is 5.97 Å². The second kappa shape index (κ2) is 8.05. The van der Waals surface area contributed by atoms with E-state index in [2.05, 4.69) is 10.3 Å². The molecular formula is C17H20N2O5. The number of methoxy groups -OCH3 is 3. The summed E-state index contributed by atoms with van der Waals surface area (Å²) in [5.41, 5.74) is 0.945. The van der Waals surface area contributed by atoms with Gasteiger partial charge in [0.25, 0.3) is 0 Å². The van der Waals surface area contributed by atoms with Crippen molar-refractivity contribution in [3.8, 4) is 17.2 Å². The first-order valence-corrected chi connectivity index (χ1v) is 7.32. The first-order valence-electron chi connectivity index (χ1n) is 7.32. The minimum absolute atomic E-state index is 0.00342. The summed E-state index contributed by atoms with van der Waals surface area (Å²) in [6.07, 6.45) is 0.641. The molecule has 0 saturated carbocycles. The standard InChI is InChI=1S/C17H20N2O5/c1-22-13-8-7-11(15(23-2)16(13)24-3)9-10-18-14-6-4-5-12(19-14)17(20)21/h4-8H,9-10H2,1-3H3,(H,18,19)(H,20,21). The number of nitrogens with one attached hydrogen (secondary N) is 1. The molecule has 2 aromatic rings. The molecule has 0 atom stereocenters. The van der Waals surface area contributed by atoms with Gasteiger partial charge in [0, 0.05) is 12.1 Å². The zero-order valence-electron chi connectivity index (χ0n) is 13.8. The number of aromatic nitrogens is 1. The summed E-state index contributed by atoms with van der Waals surface area (Å²) < 4.78 is 16.1. The van der Waals surface area contributed by atoms with Crippen molar-refractivity contribution in [2.75, 3.05) is 33.2 Å². The number of aromatic carboxylic acids is 1. The quantitative estimate of drug-likeness (QED) is 0.767. The summed E-state index contributed by atoms with van der Waals surface area (Å²) in [5, 5.41) is 12.1. The molecule has 128 valence electrons. The van der Waals surface area contributed by atoms with Gasteiger partial charge in [0.15, 0.2) is 17.2 Å². The van der Waals surface area contributed by atoms with Crippen LogP contribution in [0, 0.1) is 0 Å². The number of benzene rings is 1. The van der Waals surface area contributed by atoms with Crippen LogP contribution < -0.4 is 19.5 Å². The van der Waals surface area contributed by atoms with Crippen LogP contribution in [0.2, 0.25) is 0 Å². The highest BCUT2D eigenvalue weighted by molar-refractivity contribution is 5.85. The van der Waals surface area contributed by atoms with Crippen LogP contribution in [-0.2, 0) is 6.42 Å². The maximum absolute atomic E-state index is 10.9. The molecule has 0 fully saturated rings. The number of pyridine rings is 1. The van der Waals surface area contributed by atoms with E-state index in [0.29, 0.717) is 36.0 Å². The summed E-state index contributed by atoms with van der Waals surface area (Å²) in [7, 11) is 4.70. The van der Waals surface area contributed by atoms with Crippen molar-refractivity contribution < 1.29 is 24.1 Å². The molecule has 0 amide bonds. The molecule has 2 N–H and O–H groups in total. The van der Waals surface area contributed by atoms with Gasteiger partial charge < -0.3 is 24.6 Å². The Morgan fingerprint density at radius 1 is 1.08 bits per heavy atom. The molecule has 0 spiro atoms. The Balaban J connectivity index is 2.09. The van der Waals surface area contributed by atoms with Gasteiger partial charge in [0.2, 0.25) is 5.75 Å². The number of anilines is 1. The highest BCUT2D eigenvalue weighted by Crippen LogP contribution is 2.39. The number of carbonyl (C=O) groups is 1. The molecule has 1 aromatic carbocycles. The lowest BCUT2D eigenvalue weighted by molar-refractivity contribution is 0.0690. The molecule has 0 aliphatic heterocycles. The van der Waals surface area contributed by atoms with Gasteiger partial charge in [-0.15, -0.1) is 0 Å². The molecule has 1 aromatic heterocycles. The number of nitrogens with zero attached hydrogens (tertiary/aromatic N) is 1. The molecule has 0 radical (unpaired) electrons. The lowest BCUT2D eigenvalue weighted by Crippen LogP contribution is -2.09. The predicted molar refractivity (Wildman–Crippen MR) is 89.5 cm³/mol. The van der Waals surface area contributed by atoms with E-state index < -0.39 is 5.97 Å². The molecule has 7 nitrogen and oxygen atoms in total. The molecule has 0 aliphatic rings. The van der Waals surface area contributed by atoms with Crippen LogP contribution in [0.3, 0.4) is 0 Å². The molecule has 0 saturated heterocycles. The van der Waals surface area contributed by atoms with E-state index in [1.54, 1.807) is 33.5 Å². The molecule has 0 bridgehead atoms. The van der Waals surface area contributed by atoms with E-state index >= 15 is 0 Å². The van der Waals surface area contributed by atoms with Crippen molar-refractivity contribution in [1.29, 1.82) is 0 Å². The number of hydrogen-bond acceptors (Lipinski definition) is 6. The Kier molecular flexibility index (Phi) is 5.83. The van der Waals surface area contributed by atoms with E-state index in [4.69, 9.17) is 19.3 Å². The zero-order chi connectivity index (χ0) is 17.5. The highest BCUT2D eigenvalue weighted by atomic mass is 16.5. The fourth-order valence-electron chi connectivity index (χ4n) is 2.34. The maximum atomic E-state index is 10.9. The normalized spacial score (nSPS) is 10.1. The fraction of sp³-hybridized carbons (Fsp3) is 0.294. The summed E-state index contributed by atoms with van der Waals surface area (Å²) >= 11 is 0. The minimum atomic E-state index is -1.06. The van der Waals surface area contributed by atoms with Crippen LogP contribution in [0.5, 0.6) is 17.2 Å². The molecule has 2 rings (SSSR count). The van der Waals surface area contributed by atoms with Gasteiger partial charge in [0.05, 0.1) is 21.3 Å². The van der Waals surface area contributed by atoms with Crippen LogP contribution in [0.1, 0.15) is 16.1 Å². The molecular weight excluding hydrogens is 312 g/mol. The van der Waals surface area contributed by atoms with Crippen molar-refractivity contribution >= 4 is 11.8 Å². The Morgan fingerprint density at radius 3 is 2.46 bits per heavy atom. The van der Waals surface area contributed by atoms with Crippen molar-refractivity contribution in [2.45, 2.75) is 6.42 Å². The number of rotatable bonds is 8. The molecule has 7 heteroatoms. The van der Waals surface area contributed by atoms with Gasteiger partial charge in [-0.25, -0.2) is 9.78 Å². The summed E-state index contributed by atoms with van der Waals surface area (Å²) in [6, 6.07) is 8.54. The molecule has 1 heterocycles. The monoisotopic (exact) mass is 332 g/mol. The SMILES string of the molecule is COc1ccc(CCNc2cccc(C(=O)O)n2)c(OC)c1OC. The largest absolute Gasteiger partial charge is 0.493 e. The summed E-state index contributed by atoms with van der Waals surface area (Å²) in [5.74, 6) is 1.21. The number of ether oxygens (including phenoxy) is 3. The highest BCUT2D eigenvalue weighted by Gasteiger charge is 2.15. The first kappa shape index (κ1) is 17.4. The van der Waals surface area contributed by atoms with Crippen molar-refractivity contribution in [3.63, 3.8) is 0 Å². The average molecular weight is 332 g/mol. The average Bonchev–Trinajstić information content (AvgIpc) is 2.61. The second-order valence-electron chi connectivity index (χ2n) is 4.88. The predicted octanol–water partition coefficient (Wildman–Crippen LogP) is 2.46. The zero-order valence-corrected chi connectivity index (χ0v) is 13.8. The van der Waals surface area contributed by atoms with Crippen molar-refractivity contribution in [2.24, 2.45) is 0 Å². The first-order chi connectivity index (χ1) is 11.6. The summed E-state index contributed by atoms with van der Waals surface area (Å²) in [6.45, 7) is 0.557. The topological polar surface area (TPSA) is 89.9 Å². The van der Waals surface area contributed by atoms with E-state index in [1.807, 2.05) is 12.1 Å². The van der Waals surface area contributed by atoms with Gasteiger partial charge in [-0.05, 0) is 24.6 Å². The Bertz CT molecular complexity index is 718. The van der Waals surface area contributed by atoms with Crippen LogP contribution in [0.15, 0.2) is 30.3 Å². The number of hydrogen-bond donors (Lipinski definition) is 2. The smallest absolute Gasteiger partial charge is 0.354 e. The third-order valence-electron chi connectivity index (χ3n) is 3.45. The van der Waals surface area contributed by atoms with E-state index in [0.717, 1.165) is 5.56 Å². The Hall–Kier alpha value is -2.96. The van der Waals surface area contributed by atoms with Crippen LogP contribution >= 0.6 is 0 Å². The molecule has 0 unspecified atom stereocenters. The number of carboxylic acid groups (broad SMARTS) is 1. The van der Waals surface area contributed by atoms with Crippen LogP contribution in [0.4, 0.5) is 5.82 Å². The molecule has 0 aliphatic carbocycles. The molecule has 24 heavy (non-hydrogen) atoms. The Morgan fingerprint density at radius 2 is 1.83 bits per heavy atom. The van der Waals surface area contributed by atoms with Crippen molar-refractivity contribution in [3.05, 3.63) is 41.6 Å². The fourth-order valence-corrected chi connectivity index (χ4v) is 2.34. The van der Waals surface area contributed by atoms with Crippen LogP contribution in [0.25, 0.3) is 0 Å². The third-order valence-corrected chi connectivity index (χ3v) is 3.45. The third kappa shape index (κ3) is 3.87. The minimum Gasteiger partial charge on any atom is -0.493 e. The van der Waals surface area contributed by atoms with Gasteiger partial charge in [-0.1, -0.05) is 12.1 Å². The van der Waals surface area contributed by atoms with Gasteiger partial charge in [-0.2, -0.15) is 0 Å². The van der Waals surface area contributed by atoms with E-state index in [1.165, 1.54) is 6.07 Å². The lowest BCUT2D eigenvalue weighted by atomic mass is 10.1. The van der Waals surface area contributed by atoms with Crippen LogP contribution in [-0.4, -0.2) is 43.9 Å². The Labute approximate surface area is 140 Å². The summed E-state index contributed by atoms with van der Waals surface area (Å²) in [4.78, 5) is 15.0. The van der Waals surface area contributed by atoms with E-state index in [9.17, 15) is 4.79 Å². The second-order valence-corrected chi connectivity index (χ2v) is 4.88. The van der Waals surface area contributed by atoms with Gasteiger partial charge in [-0.3, -0.25) is 0 Å². The maximum Gasteiger partial charge on any atom is 0.354 e. The van der Waals surface area contributed by atoms with Gasteiger partial charge in [0.1, 0.15) is 5.82 Å². The lowest BCUT2D eigenvalue weighted by Gasteiger charge is -2.16. The number of carboxylic acids is 1.